The van der Waals surface area contributed by atoms with Crippen molar-refractivity contribution in [3.63, 3.8) is 0 Å². The molecule has 0 aliphatic heterocycles. The van der Waals surface area contributed by atoms with Gasteiger partial charge >= 0.3 is 0 Å². The zero-order chi connectivity index (χ0) is 14.6. The van der Waals surface area contributed by atoms with E-state index < -0.39 is 0 Å². The number of ether oxygens (including phenoxy) is 1. The van der Waals surface area contributed by atoms with E-state index in [0.717, 1.165) is 31.2 Å². The maximum atomic E-state index is 6.08. The van der Waals surface area contributed by atoms with Crippen molar-refractivity contribution in [2.75, 3.05) is 6.54 Å². The SMILES string of the molecule is CCNCc1coc(COC2CC(C)CC(C)(C)C2)c1. The molecule has 0 spiro atoms. The number of rotatable bonds is 6. The molecule has 1 aromatic heterocycles. The molecule has 0 bridgehead atoms. The van der Waals surface area contributed by atoms with Crippen LogP contribution in [0.2, 0.25) is 0 Å². The first-order valence-corrected chi connectivity index (χ1v) is 7.87. The zero-order valence-electron chi connectivity index (χ0n) is 13.4. The summed E-state index contributed by atoms with van der Waals surface area (Å²) in [6.45, 7) is 11.6. The molecule has 114 valence electrons. The summed E-state index contributed by atoms with van der Waals surface area (Å²) in [4.78, 5) is 0. The van der Waals surface area contributed by atoms with E-state index in [1.165, 1.54) is 18.4 Å². The molecule has 2 unspecified atom stereocenters. The van der Waals surface area contributed by atoms with Crippen LogP contribution in [0.3, 0.4) is 0 Å². The highest BCUT2D eigenvalue weighted by molar-refractivity contribution is 5.12. The summed E-state index contributed by atoms with van der Waals surface area (Å²) in [5.41, 5.74) is 1.60. The predicted molar refractivity (Wildman–Crippen MR) is 81.5 cm³/mol. The van der Waals surface area contributed by atoms with Crippen LogP contribution in [-0.4, -0.2) is 12.6 Å². The molecule has 20 heavy (non-hydrogen) atoms. The lowest BCUT2D eigenvalue weighted by atomic mass is 9.71. The molecule has 0 radical (unpaired) electrons. The van der Waals surface area contributed by atoms with E-state index in [1.807, 2.05) is 6.26 Å². The lowest BCUT2D eigenvalue weighted by molar-refractivity contribution is -0.0368. The number of furan rings is 1. The van der Waals surface area contributed by atoms with E-state index in [0.29, 0.717) is 18.1 Å². The molecule has 3 nitrogen and oxygen atoms in total. The Morgan fingerprint density at radius 2 is 2.20 bits per heavy atom. The van der Waals surface area contributed by atoms with Crippen LogP contribution in [0.1, 0.15) is 58.3 Å². The minimum atomic E-state index is 0.371. The van der Waals surface area contributed by atoms with E-state index in [-0.39, 0.29) is 0 Å². The van der Waals surface area contributed by atoms with Gasteiger partial charge in [-0.3, -0.25) is 0 Å². The van der Waals surface area contributed by atoms with Crippen molar-refractivity contribution in [1.29, 1.82) is 0 Å². The Morgan fingerprint density at radius 3 is 2.90 bits per heavy atom. The Labute approximate surface area is 123 Å². The first kappa shape index (κ1) is 15.6. The van der Waals surface area contributed by atoms with E-state index in [9.17, 15) is 0 Å². The second-order valence-corrected chi connectivity index (χ2v) is 7.05. The highest BCUT2D eigenvalue weighted by Crippen LogP contribution is 2.39. The van der Waals surface area contributed by atoms with Gasteiger partial charge in [0.25, 0.3) is 0 Å². The summed E-state index contributed by atoms with van der Waals surface area (Å²) >= 11 is 0. The molecule has 0 amide bonds. The molecule has 1 aromatic rings. The predicted octanol–water partition coefficient (Wildman–Crippen LogP) is 4.12. The van der Waals surface area contributed by atoms with Gasteiger partial charge in [-0.15, -0.1) is 0 Å². The normalized spacial score (nSPS) is 25.8. The third kappa shape index (κ3) is 4.64. The van der Waals surface area contributed by atoms with Gasteiger partial charge in [-0.05, 0) is 43.2 Å². The van der Waals surface area contributed by atoms with Gasteiger partial charge < -0.3 is 14.5 Å². The molecule has 1 aliphatic carbocycles. The molecular weight excluding hydrogens is 250 g/mol. The van der Waals surface area contributed by atoms with Crippen LogP contribution in [0.5, 0.6) is 0 Å². The largest absolute Gasteiger partial charge is 0.467 e. The van der Waals surface area contributed by atoms with Gasteiger partial charge in [0.15, 0.2) is 0 Å². The minimum absolute atomic E-state index is 0.371. The lowest BCUT2D eigenvalue weighted by Crippen LogP contribution is -2.32. The van der Waals surface area contributed by atoms with E-state index in [1.54, 1.807) is 0 Å². The van der Waals surface area contributed by atoms with Crippen LogP contribution >= 0.6 is 0 Å². The molecule has 2 rings (SSSR count). The summed E-state index contributed by atoms with van der Waals surface area (Å²) in [6, 6.07) is 2.10. The van der Waals surface area contributed by atoms with Gasteiger partial charge in [-0.2, -0.15) is 0 Å². The summed E-state index contributed by atoms with van der Waals surface area (Å²) in [5.74, 6) is 1.69. The third-order valence-electron chi connectivity index (χ3n) is 4.10. The number of hydrogen-bond acceptors (Lipinski definition) is 3. The van der Waals surface area contributed by atoms with Crippen LogP contribution in [0, 0.1) is 11.3 Å². The van der Waals surface area contributed by atoms with Crippen LogP contribution in [0.25, 0.3) is 0 Å². The Morgan fingerprint density at radius 1 is 1.40 bits per heavy atom. The minimum Gasteiger partial charge on any atom is -0.467 e. The van der Waals surface area contributed by atoms with E-state index >= 15 is 0 Å². The highest BCUT2D eigenvalue weighted by atomic mass is 16.5. The van der Waals surface area contributed by atoms with Crippen molar-refractivity contribution in [2.24, 2.45) is 11.3 Å². The second-order valence-electron chi connectivity index (χ2n) is 7.05. The van der Waals surface area contributed by atoms with E-state index in [4.69, 9.17) is 9.15 Å². The molecule has 0 saturated heterocycles. The number of nitrogens with one attached hydrogen (secondary N) is 1. The average molecular weight is 279 g/mol. The molecule has 1 N–H and O–H groups in total. The van der Waals surface area contributed by atoms with Crippen LogP contribution in [0.4, 0.5) is 0 Å². The van der Waals surface area contributed by atoms with Gasteiger partial charge in [0.05, 0.1) is 12.4 Å². The zero-order valence-corrected chi connectivity index (χ0v) is 13.4. The van der Waals surface area contributed by atoms with Crippen LogP contribution < -0.4 is 5.32 Å². The summed E-state index contributed by atoms with van der Waals surface area (Å²) in [7, 11) is 0. The molecule has 1 aliphatic rings. The van der Waals surface area contributed by atoms with Gasteiger partial charge in [0.1, 0.15) is 12.4 Å². The topological polar surface area (TPSA) is 34.4 Å². The first-order valence-electron chi connectivity index (χ1n) is 7.87. The van der Waals surface area contributed by atoms with Gasteiger partial charge in [-0.1, -0.05) is 27.7 Å². The smallest absolute Gasteiger partial charge is 0.129 e. The highest BCUT2D eigenvalue weighted by Gasteiger charge is 2.32. The molecular formula is C17H29NO2. The molecule has 3 heteroatoms. The fourth-order valence-corrected chi connectivity index (χ4v) is 3.45. The van der Waals surface area contributed by atoms with Gasteiger partial charge in [0, 0.05) is 12.1 Å². The molecule has 2 atom stereocenters. The first-order chi connectivity index (χ1) is 9.48. The van der Waals surface area contributed by atoms with Crippen molar-refractivity contribution in [3.05, 3.63) is 23.7 Å². The van der Waals surface area contributed by atoms with E-state index in [2.05, 4.69) is 39.1 Å². The Balaban J connectivity index is 1.81. The van der Waals surface area contributed by atoms with Gasteiger partial charge in [-0.25, -0.2) is 0 Å². The summed E-state index contributed by atoms with van der Waals surface area (Å²) < 4.78 is 11.6. The van der Waals surface area contributed by atoms with Crippen molar-refractivity contribution in [2.45, 2.75) is 66.2 Å². The van der Waals surface area contributed by atoms with Crippen molar-refractivity contribution in [1.82, 2.24) is 5.32 Å². The lowest BCUT2D eigenvalue weighted by Gasteiger charge is -2.38. The average Bonchev–Trinajstić information content (AvgIpc) is 2.79. The molecule has 1 heterocycles. The maximum Gasteiger partial charge on any atom is 0.129 e. The Kier molecular flexibility index (Phi) is 5.28. The maximum absolute atomic E-state index is 6.08. The summed E-state index contributed by atoms with van der Waals surface area (Å²) in [5, 5.41) is 3.30. The van der Waals surface area contributed by atoms with Crippen molar-refractivity contribution in [3.8, 4) is 0 Å². The Hall–Kier alpha value is -0.800. The monoisotopic (exact) mass is 279 g/mol. The molecule has 1 saturated carbocycles. The van der Waals surface area contributed by atoms with Crippen molar-refractivity contribution >= 4 is 0 Å². The van der Waals surface area contributed by atoms with Crippen LogP contribution in [0.15, 0.2) is 16.7 Å². The quantitative estimate of drug-likeness (QED) is 0.850. The van der Waals surface area contributed by atoms with Crippen molar-refractivity contribution < 1.29 is 9.15 Å². The fraction of sp³-hybridized carbons (Fsp3) is 0.765. The third-order valence-corrected chi connectivity index (χ3v) is 4.10. The second kappa shape index (κ2) is 6.77. The molecule has 1 fully saturated rings. The van der Waals surface area contributed by atoms with Gasteiger partial charge in [0.2, 0.25) is 0 Å². The summed E-state index contributed by atoms with van der Waals surface area (Å²) in [6.07, 6.45) is 5.84. The van der Waals surface area contributed by atoms with Crippen LogP contribution in [-0.2, 0) is 17.9 Å². The molecule has 0 aromatic carbocycles. The standard InChI is InChI=1S/C17H29NO2/c1-5-18-10-14-7-16(19-11-14)12-20-15-6-13(2)8-17(3,4)9-15/h7,11,13,15,18H,5-6,8-10,12H2,1-4H3. The fourth-order valence-electron chi connectivity index (χ4n) is 3.45. The number of hydrogen-bond donors (Lipinski definition) is 1. The Bertz CT molecular complexity index is 411.